The Balaban J connectivity index is 1.26. The summed E-state index contributed by atoms with van der Waals surface area (Å²) in [5, 5.41) is 131. The summed E-state index contributed by atoms with van der Waals surface area (Å²) in [6.45, 7) is -0.820. The summed E-state index contributed by atoms with van der Waals surface area (Å²) < 4.78 is 58.3. The first-order chi connectivity index (χ1) is 34.3. The van der Waals surface area contributed by atoms with E-state index in [0.29, 0.717) is 18.2 Å². The summed E-state index contributed by atoms with van der Waals surface area (Å²) in [6.07, 6.45) is -27.9. The number of nitrogen functional groups attached to an aromatic ring is 1. The standard InChI is InChI=1S/C39H64N5O26PS2/c1-14(47)41-21-27(54)33(73-9-5-4-8-72-13-19-25(52)28(55)30(57)36(67-19)68-31-17(11-46)66-35(63-3)22(26(31)53)42-15(2)48)39(37(58)59,69-32(21)23(50)16(49)10-45)70-71(61,62)64-12-18-24(51)29(56)34(65-18)44-7-6-20(40)43-38(44)60/h6-7,16-19,21-36,45-46,49-57H,4-5,8-13H2,1-3H3,(H,41,47)(H,42,48)(H,58,59)(H,61,62)(H2,40,43,60)/t16-,17-,18-,19-,21-,22-,23-,24-,25+,26-,27-,28+,29-,30-,31+,32-,33-,34-,35-,36+,39-/m1/s1. The molecule has 0 saturated carbocycles. The molecule has 0 aliphatic carbocycles. The van der Waals surface area contributed by atoms with E-state index in [4.69, 9.17) is 43.2 Å². The van der Waals surface area contributed by atoms with Crippen molar-refractivity contribution in [1.82, 2.24) is 20.2 Å². The molecule has 31 nitrogen and oxygen atoms in total. The summed E-state index contributed by atoms with van der Waals surface area (Å²) >= 11 is 1.78. The van der Waals surface area contributed by atoms with Gasteiger partial charge in [0.1, 0.15) is 85.1 Å². The highest BCUT2D eigenvalue weighted by Gasteiger charge is 2.65. The predicted octanol–water partition coefficient (Wildman–Crippen LogP) is -7.63. The Bertz CT molecular complexity index is 2110. The Kier molecular flexibility index (Phi) is 22.2. The Hall–Kier alpha value is -2.78. The number of carboxylic acid groups (broad SMARTS) is 1. The van der Waals surface area contributed by atoms with E-state index in [9.17, 15) is 89.9 Å². The van der Waals surface area contributed by atoms with Crippen molar-refractivity contribution in [3.8, 4) is 0 Å². The van der Waals surface area contributed by atoms with Crippen LogP contribution >= 0.6 is 31.3 Å². The molecule has 34 heteroatoms. The van der Waals surface area contributed by atoms with Gasteiger partial charge >= 0.3 is 19.5 Å². The fourth-order valence-electron chi connectivity index (χ4n) is 8.40. The van der Waals surface area contributed by atoms with Gasteiger partial charge < -0.3 is 111 Å². The number of nitrogens with zero attached hydrogens (tertiary/aromatic N) is 2. The van der Waals surface area contributed by atoms with Crippen molar-refractivity contribution in [3.05, 3.63) is 22.7 Å². The van der Waals surface area contributed by atoms with Gasteiger partial charge in [0.15, 0.2) is 18.8 Å². The highest BCUT2D eigenvalue weighted by molar-refractivity contribution is 8.00. The second-order valence-corrected chi connectivity index (χ2v) is 21.1. The van der Waals surface area contributed by atoms with Crippen LogP contribution in [0.15, 0.2) is 17.1 Å². The number of thioether (sulfide) groups is 2. The zero-order valence-electron chi connectivity index (χ0n) is 39.2. The fourth-order valence-corrected chi connectivity index (χ4v) is 11.9. The van der Waals surface area contributed by atoms with Crippen molar-refractivity contribution in [2.75, 3.05) is 49.9 Å². The molecule has 1 aromatic rings. The number of anilines is 1. The number of aliphatic hydroxyl groups excluding tert-OH is 11. The maximum atomic E-state index is 13.7. The molecular weight excluding hydrogens is 1050 g/mol. The van der Waals surface area contributed by atoms with Gasteiger partial charge in [-0.3, -0.25) is 18.7 Å². The molecule has 0 spiro atoms. The Morgan fingerprint density at radius 3 is 2.11 bits per heavy atom. The average Bonchev–Trinajstić information content (AvgIpc) is 3.61. The van der Waals surface area contributed by atoms with Crippen molar-refractivity contribution >= 4 is 54.9 Å². The van der Waals surface area contributed by atoms with Gasteiger partial charge in [0, 0.05) is 32.9 Å². The van der Waals surface area contributed by atoms with Crippen LogP contribution in [0.4, 0.5) is 5.82 Å². The zero-order valence-corrected chi connectivity index (χ0v) is 41.7. The summed E-state index contributed by atoms with van der Waals surface area (Å²) in [5.74, 6) is -7.13. The minimum atomic E-state index is -5.81. The van der Waals surface area contributed by atoms with E-state index in [-0.39, 0.29) is 29.5 Å². The van der Waals surface area contributed by atoms with Gasteiger partial charge in [-0.15, -0.1) is 11.8 Å². The number of carbonyl (C=O) groups is 3. The molecule has 22 atom stereocenters. The van der Waals surface area contributed by atoms with Crippen molar-refractivity contribution in [3.63, 3.8) is 0 Å². The monoisotopic (exact) mass is 1110 g/mol. The minimum Gasteiger partial charge on any atom is -0.477 e. The first-order valence-electron chi connectivity index (χ1n) is 22.5. The number of ether oxygens (including phenoxy) is 6. The molecule has 418 valence electrons. The number of hydrogen-bond donors (Lipinski definition) is 16. The van der Waals surface area contributed by atoms with Crippen LogP contribution in [0, 0.1) is 0 Å². The third-order valence-corrected chi connectivity index (χ3v) is 15.7. The molecule has 4 aliphatic heterocycles. The lowest BCUT2D eigenvalue weighted by Gasteiger charge is -2.50. The van der Waals surface area contributed by atoms with E-state index in [1.807, 2.05) is 0 Å². The van der Waals surface area contributed by atoms with Crippen LogP contribution in [0.1, 0.15) is 32.9 Å². The highest BCUT2D eigenvalue weighted by atomic mass is 32.2. The molecule has 1 unspecified atom stereocenters. The summed E-state index contributed by atoms with van der Waals surface area (Å²) in [4.78, 5) is 64.4. The van der Waals surface area contributed by atoms with Crippen molar-refractivity contribution in [1.29, 1.82) is 0 Å². The first kappa shape index (κ1) is 61.1. The Morgan fingerprint density at radius 1 is 0.877 bits per heavy atom. The Morgan fingerprint density at radius 2 is 1.51 bits per heavy atom. The van der Waals surface area contributed by atoms with Crippen LogP contribution in [-0.2, 0) is 56.4 Å². The lowest BCUT2D eigenvalue weighted by molar-refractivity contribution is -0.342. The van der Waals surface area contributed by atoms with Crippen molar-refractivity contribution < 1.29 is 123 Å². The number of unbranched alkanes of at least 4 members (excludes halogenated alkanes) is 1. The van der Waals surface area contributed by atoms with Gasteiger partial charge in [0.05, 0.1) is 43.3 Å². The number of methoxy groups -OCH3 is 1. The van der Waals surface area contributed by atoms with Gasteiger partial charge in [-0.05, 0) is 30.4 Å². The number of phosphoric acid groups is 1. The number of nitrogens with one attached hydrogen (secondary N) is 2. The van der Waals surface area contributed by atoms with Gasteiger partial charge in [0.2, 0.25) is 11.8 Å². The molecule has 4 saturated heterocycles. The number of carbonyl (C=O) groups excluding carboxylic acids is 2. The van der Waals surface area contributed by atoms with Gasteiger partial charge in [-0.2, -0.15) is 16.7 Å². The van der Waals surface area contributed by atoms with Gasteiger partial charge in [0.25, 0.3) is 5.79 Å². The molecule has 5 heterocycles. The molecule has 0 radical (unpaired) electrons. The quantitative estimate of drug-likeness (QED) is 0.0338. The van der Waals surface area contributed by atoms with Crippen LogP contribution in [0.2, 0.25) is 0 Å². The van der Waals surface area contributed by atoms with Crippen LogP contribution < -0.4 is 22.1 Å². The largest absolute Gasteiger partial charge is 0.477 e. The third kappa shape index (κ3) is 14.4. The molecule has 1 aromatic heterocycles. The summed E-state index contributed by atoms with van der Waals surface area (Å²) in [7, 11) is -4.57. The first-order valence-corrected chi connectivity index (χ1v) is 26.2. The molecule has 2 amide bonds. The van der Waals surface area contributed by atoms with Crippen LogP contribution in [0.25, 0.3) is 0 Å². The average molecular weight is 1110 g/mol. The molecule has 5 rings (SSSR count). The summed E-state index contributed by atoms with van der Waals surface area (Å²) in [5.41, 5.74) is 4.50. The topological polar surface area (TPSA) is 490 Å². The van der Waals surface area contributed by atoms with Crippen LogP contribution in [0.5, 0.6) is 0 Å². The summed E-state index contributed by atoms with van der Waals surface area (Å²) in [6, 6.07) is -1.79. The van der Waals surface area contributed by atoms with E-state index < -0.39 is 179 Å². The SMILES string of the molecule is CO[C@@H]1O[C@H](CO)[C@H](O[C@@H]2O[C@H](CSCCCCS[C@@H]3[C@H](O)[C@@H](NC(C)=O)[C@H]([C@H](O)[C@H](O)CO)O[C@]3(OP(=O)(O)OC[C@H]3O[C@@H](n4ccc(N)nc4=O)[C@H](O)[C@@H]3O)C(=O)O)[C@H](O)[C@H](O)[C@H]2O)[C@H](O)[C@H]1NC(C)=O. The van der Waals surface area contributed by atoms with Crippen molar-refractivity contribution in [2.45, 2.75) is 154 Å². The number of amides is 2. The molecular formula is C39H64N5O26PS2. The molecule has 4 fully saturated rings. The van der Waals surface area contributed by atoms with Crippen LogP contribution in [-0.4, -0.2) is 259 Å². The minimum absolute atomic E-state index is 0.0380. The molecule has 0 aromatic carbocycles. The maximum Gasteiger partial charge on any atom is 0.475 e. The van der Waals surface area contributed by atoms with E-state index in [1.165, 1.54) is 31.9 Å². The molecule has 73 heavy (non-hydrogen) atoms. The zero-order chi connectivity index (χ0) is 54.3. The second kappa shape index (κ2) is 26.5. The molecule has 4 aliphatic rings. The number of aliphatic carboxylic acids is 1. The maximum absolute atomic E-state index is 13.7. The van der Waals surface area contributed by atoms with E-state index in [1.54, 1.807) is 0 Å². The number of phosphoric ester groups is 1. The fraction of sp³-hybridized carbons (Fsp3) is 0.821. The highest BCUT2D eigenvalue weighted by Crippen LogP contribution is 2.53. The number of nitrogens with two attached hydrogens (primary N) is 1. The van der Waals surface area contributed by atoms with E-state index in [0.717, 1.165) is 17.7 Å². The second-order valence-electron chi connectivity index (χ2n) is 17.3. The van der Waals surface area contributed by atoms with Gasteiger partial charge in [-0.25, -0.2) is 18.7 Å². The molecule has 0 bridgehead atoms. The van der Waals surface area contributed by atoms with Crippen molar-refractivity contribution in [2.24, 2.45) is 0 Å². The normalized spacial score (nSPS) is 38.5. The van der Waals surface area contributed by atoms with E-state index in [2.05, 4.69) is 15.6 Å². The van der Waals surface area contributed by atoms with Crippen LogP contribution in [0.3, 0.4) is 0 Å². The van der Waals surface area contributed by atoms with Gasteiger partial charge in [-0.1, -0.05) is 0 Å². The number of aromatic nitrogens is 2. The number of aliphatic hydroxyl groups is 11. The van der Waals surface area contributed by atoms with E-state index >= 15 is 0 Å². The number of carboxylic acids is 1. The Labute approximate surface area is 423 Å². The molecule has 17 N–H and O–H groups in total. The lowest BCUT2D eigenvalue weighted by atomic mass is 9.88. The third-order valence-electron chi connectivity index (χ3n) is 12.1. The smallest absolute Gasteiger partial charge is 0.475 e. The number of hydrogen-bond acceptors (Lipinski definition) is 28. The predicted molar refractivity (Wildman–Crippen MR) is 244 cm³/mol. The lowest BCUT2D eigenvalue weighted by Crippen LogP contribution is -2.73. The number of rotatable bonds is 24.